The number of nitrogens with one attached hydrogen (secondary N) is 1. The molecule has 2 N–H and O–H groups in total. The van der Waals surface area contributed by atoms with Gasteiger partial charge in [0, 0.05) is 16.2 Å². The van der Waals surface area contributed by atoms with E-state index in [4.69, 9.17) is 0 Å². The number of rotatable bonds is 7. The van der Waals surface area contributed by atoms with Gasteiger partial charge in [-0.15, -0.1) is 11.8 Å². The van der Waals surface area contributed by atoms with Gasteiger partial charge in [0.25, 0.3) is 0 Å². The second kappa shape index (κ2) is 7.14. The van der Waals surface area contributed by atoms with Gasteiger partial charge in [-0.1, -0.05) is 25.1 Å². The van der Waals surface area contributed by atoms with Crippen LogP contribution >= 0.6 is 11.8 Å². The first-order valence-corrected chi connectivity index (χ1v) is 7.86. The molecule has 4 heteroatoms. The summed E-state index contributed by atoms with van der Waals surface area (Å²) in [5.74, 6) is -0.788. The Kier molecular flexibility index (Phi) is 6.08. The quantitative estimate of drug-likeness (QED) is 0.753. The number of carboxylic acids is 1. The van der Waals surface area contributed by atoms with Gasteiger partial charge in [0.05, 0.1) is 0 Å². The first-order chi connectivity index (χ1) is 9.24. The number of aryl methyl sites for hydroxylation is 1. The van der Waals surface area contributed by atoms with Crippen molar-refractivity contribution >= 4 is 17.7 Å². The molecular formula is C16H25NO2S. The summed E-state index contributed by atoms with van der Waals surface area (Å²) >= 11 is 1.74. The highest BCUT2D eigenvalue weighted by molar-refractivity contribution is 8.00. The summed E-state index contributed by atoms with van der Waals surface area (Å²) < 4.78 is 0. The van der Waals surface area contributed by atoms with Crippen LogP contribution in [0.1, 0.15) is 39.7 Å². The van der Waals surface area contributed by atoms with Gasteiger partial charge < -0.3 is 5.11 Å². The van der Waals surface area contributed by atoms with Gasteiger partial charge >= 0.3 is 5.97 Å². The first kappa shape index (κ1) is 17.1. The van der Waals surface area contributed by atoms with Crippen molar-refractivity contribution < 1.29 is 9.90 Å². The molecule has 0 aliphatic heterocycles. The van der Waals surface area contributed by atoms with Crippen LogP contribution in [0.4, 0.5) is 0 Å². The van der Waals surface area contributed by atoms with Crippen molar-refractivity contribution in [1.29, 1.82) is 0 Å². The summed E-state index contributed by atoms with van der Waals surface area (Å²) in [7, 11) is 0. The van der Waals surface area contributed by atoms with Gasteiger partial charge in [0.15, 0.2) is 0 Å². The predicted molar refractivity (Wildman–Crippen MR) is 85.4 cm³/mol. The van der Waals surface area contributed by atoms with E-state index < -0.39 is 11.5 Å². The second-order valence-electron chi connectivity index (χ2n) is 5.83. The molecule has 0 aromatic heterocycles. The van der Waals surface area contributed by atoms with Gasteiger partial charge in [-0.3, -0.25) is 10.1 Å². The number of carbonyl (C=O) groups is 1. The average molecular weight is 295 g/mol. The lowest BCUT2D eigenvalue weighted by Crippen LogP contribution is -2.53. The molecule has 0 saturated heterocycles. The Bertz CT molecular complexity index is 462. The molecular weight excluding hydrogens is 270 g/mol. The maximum atomic E-state index is 11.5. The van der Waals surface area contributed by atoms with Crippen LogP contribution in [0, 0.1) is 6.92 Å². The number of benzene rings is 1. The fraction of sp³-hybridized carbons (Fsp3) is 0.562. The van der Waals surface area contributed by atoms with Crippen molar-refractivity contribution in [2.45, 2.75) is 62.8 Å². The van der Waals surface area contributed by atoms with Crippen LogP contribution in [0.3, 0.4) is 0 Å². The molecule has 3 nitrogen and oxygen atoms in total. The minimum absolute atomic E-state index is 0.145. The third kappa shape index (κ3) is 4.84. The summed E-state index contributed by atoms with van der Waals surface area (Å²) in [6.07, 6.45) is 0.583. The van der Waals surface area contributed by atoms with Crippen LogP contribution < -0.4 is 5.32 Å². The number of hydrogen-bond acceptors (Lipinski definition) is 3. The molecule has 0 amide bonds. The van der Waals surface area contributed by atoms with Crippen LogP contribution in [0.5, 0.6) is 0 Å². The molecule has 0 aliphatic rings. The van der Waals surface area contributed by atoms with E-state index in [1.807, 2.05) is 26.0 Å². The molecule has 0 aliphatic carbocycles. The molecule has 20 heavy (non-hydrogen) atoms. The van der Waals surface area contributed by atoms with E-state index in [1.54, 1.807) is 18.7 Å². The Balaban J connectivity index is 2.74. The van der Waals surface area contributed by atoms with Crippen molar-refractivity contribution in [3.8, 4) is 0 Å². The van der Waals surface area contributed by atoms with E-state index >= 15 is 0 Å². The average Bonchev–Trinajstić information content (AvgIpc) is 2.30. The van der Waals surface area contributed by atoms with Crippen LogP contribution in [-0.2, 0) is 4.79 Å². The number of aliphatic carboxylic acids is 1. The molecule has 1 aromatic carbocycles. The minimum Gasteiger partial charge on any atom is -0.480 e. The fourth-order valence-electron chi connectivity index (χ4n) is 2.37. The van der Waals surface area contributed by atoms with E-state index in [1.165, 1.54) is 10.5 Å². The Morgan fingerprint density at radius 3 is 2.45 bits per heavy atom. The topological polar surface area (TPSA) is 49.3 Å². The lowest BCUT2D eigenvalue weighted by atomic mass is 9.95. The molecule has 0 radical (unpaired) electrons. The summed E-state index contributed by atoms with van der Waals surface area (Å²) in [5.41, 5.74) is 0.349. The third-order valence-electron chi connectivity index (χ3n) is 3.20. The normalized spacial score (nSPS) is 15.9. The van der Waals surface area contributed by atoms with Crippen LogP contribution in [0.2, 0.25) is 0 Å². The standard InChI is InChI=1S/C16H25NO2S/c1-11(2)17-16(5,15(18)19)10-13(4)20-14-9-7-6-8-12(14)3/h6-9,11,13,17H,10H2,1-5H3,(H,18,19). The van der Waals surface area contributed by atoms with Crippen LogP contribution in [-0.4, -0.2) is 27.9 Å². The highest BCUT2D eigenvalue weighted by Gasteiger charge is 2.35. The smallest absolute Gasteiger partial charge is 0.323 e. The van der Waals surface area contributed by atoms with Crippen molar-refractivity contribution in [3.05, 3.63) is 29.8 Å². The molecule has 112 valence electrons. The SMILES string of the molecule is Cc1ccccc1SC(C)CC(C)(NC(C)C)C(=O)O. The summed E-state index contributed by atoms with van der Waals surface area (Å²) in [4.78, 5) is 12.8. The molecule has 1 aromatic rings. The van der Waals surface area contributed by atoms with E-state index in [9.17, 15) is 9.90 Å². The zero-order chi connectivity index (χ0) is 15.3. The lowest BCUT2D eigenvalue weighted by Gasteiger charge is -2.31. The van der Waals surface area contributed by atoms with E-state index in [2.05, 4.69) is 31.3 Å². The molecule has 0 heterocycles. The van der Waals surface area contributed by atoms with Crippen LogP contribution in [0.25, 0.3) is 0 Å². The zero-order valence-corrected chi connectivity index (χ0v) is 13.8. The minimum atomic E-state index is -0.886. The maximum Gasteiger partial charge on any atom is 0.323 e. The highest BCUT2D eigenvalue weighted by Crippen LogP contribution is 2.31. The van der Waals surface area contributed by atoms with Gasteiger partial charge in [0.1, 0.15) is 5.54 Å². The van der Waals surface area contributed by atoms with Gasteiger partial charge in [-0.2, -0.15) is 0 Å². The third-order valence-corrected chi connectivity index (χ3v) is 4.48. The summed E-state index contributed by atoms with van der Waals surface area (Å²) in [6.45, 7) is 9.88. The molecule has 2 atom stereocenters. The second-order valence-corrected chi connectivity index (χ2v) is 7.31. The molecule has 0 fully saturated rings. The first-order valence-electron chi connectivity index (χ1n) is 6.98. The number of hydrogen-bond donors (Lipinski definition) is 2. The van der Waals surface area contributed by atoms with E-state index in [0.29, 0.717) is 6.42 Å². The molecule has 0 bridgehead atoms. The molecule has 0 saturated carbocycles. The molecule has 1 rings (SSSR count). The zero-order valence-electron chi connectivity index (χ0n) is 12.9. The summed E-state index contributed by atoms with van der Waals surface area (Å²) in [5, 5.41) is 12.9. The van der Waals surface area contributed by atoms with Crippen LogP contribution in [0.15, 0.2) is 29.2 Å². The molecule has 2 unspecified atom stereocenters. The van der Waals surface area contributed by atoms with Crippen molar-refractivity contribution in [3.63, 3.8) is 0 Å². The van der Waals surface area contributed by atoms with Gasteiger partial charge in [0.2, 0.25) is 0 Å². The Morgan fingerprint density at radius 2 is 1.95 bits per heavy atom. The Hall–Kier alpha value is -1.00. The number of carboxylic acid groups (broad SMARTS) is 1. The predicted octanol–water partition coefficient (Wildman–Crippen LogP) is 3.71. The Morgan fingerprint density at radius 1 is 1.35 bits per heavy atom. The number of thioether (sulfide) groups is 1. The molecule has 0 spiro atoms. The van der Waals surface area contributed by atoms with Gasteiger partial charge in [-0.05, 0) is 45.7 Å². The summed E-state index contributed by atoms with van der Waals surface area (Å²) in [6, 6.07) is 8.35. The highest BCUT2D eigenvalue weighted by atomic mass is 32.2. The largest absolute Gasteiger partial charge is 0.480 e. The monoisotopic (exact) mass is 295 g/mol. The van der Waals surface area contributed by atoms with Gasteiger partial charge in [-0.25, -0.2) is 0 Å². The Labute approximate surface area is 126 Å². The van der Waals surface area contributed by atoms with E-state index in [0.717, 1.165) is 0 Å². The van der Waals surface area contributed by atoms with E-state index in [-0.39, 0.29) is 11.3 Å². The van der Waals surface area contributed by atoms with Crippen molar-refractivity contribution in [1.82, 2.24) is 5.32 Å². The van der Waals surface area contributed by atoms with Crippen molar-refractivity contribution in [2.75, 3.05) is 0 Å². The maximum absolute atomic E-state index is 11.5. The fourth-order valence-corrected chi connectivity index (χ4v) is 3.63. The lowest BCUT2D eigenvalue weighted by molar-refractivity contribution is -0.144. The van der Waals surface area contributed by atoms with Crippen molar-refractivity contribution in [2.24, 2.45) is 0 Å².